The Balaban J connectivity index is 2.30. The molecule has 1 rings (SSSR count). The van der Waals surface area contributed by atoms with E-state index in [2.05, 4.69) is 10.6 Å². The number of esters is 2. The molecule has 150 valence electrons. The predicted molar refractivity (Wildman–Crippen MR) is 104 cm³/mol. The Hall–Kier alpha value is -2.57. The third-order valence-corrected chi connectivity index (χ3v) is 3.37. The zero-order valence-electron chi connectivity index (χ0n) is 16.6. The normalized spacial score (nSPS) is 10.8. The van der Waals surface area contributed by atoms with Crippen molar-refractivity contribution in [1.29, 1.82) is 0 Å². The van der Waals surface area contributed by atoms with Crippen LogP contribution in [-0.4, -0.2) is 36.7 Å². The van der Waals surface area contributed by atoms with Crippen LogP contribution in [-0.2, 0) is 14.3 Å². The highest BCUT2D eigenvalue weighted by Crippen LogP contribution is 2.11. The summed E-state index contributed by atoms with van der Waals surface area (Å²) in [7, 11) is 0. The first-order chi connectivity index (χ1) is 12.7. The van der Waals surface area contributed by atoms with Gasteiger partial charge in [0, 0.05) is 18.7 Å². The number of carbonyl (C=O) groups is 3. The molecule has 0 aliphatic carbocycles. The van der Waals surface area contributed by atoms with E-state index in [4.69, 9.17) is 9.47 Å². The van der Waals surface area contributed by atoms with Crippen molar-refractivity contribution in [3.63, 3.8) is 0 Å². The third-order valence-electron chi connectivity index (χ3n) is 3.37. The Morgan fingerprint density at radius 1 is 1.04 bits per heavy atom. The average Bonchev–Trinajstić information content (AvgIpc) is 2.58. The lowest BCUT2D eigenvalue weighted by atomic mass is 10.2. The lowest BCUT2D eigenvalue weighted by Gasteiger charge is -2.19. The summed E-state index contributed by atoms with van der Waals surface area (Å²) in [6, 6.07) is 6.10. The van der Waals surface area contributed by atoms with E-state index in [1.807, 2.05) is 27.7 Å². The van der Waals surface area contributed by atoms with E-state index in [-0.39, 0.29) is 24.4 Å². The summed E-state index contributed by atoms with van der Waals surface area (Å²) in [5.41, 5.74) is 0.496. The number of unbranched alkanes of at least 4 members (excludes halogenated alkanes) is 1. The first-order valence-electron chi connectivity index (χ1n) is 9.25. The fourth-order valence-corrected chi connectivity index (χ4v) is 2.08. The third kappa shape index (κ3) is 10.2. The molecule has 0 aliphatic rings. The van der Waals surface area contributed by atoms with Crippen LogP contribution >= 0.6 is 0 Å². The molecule has 7 heteroatoms. The highest BCUT2D eigenvalue weighted by Gasteiger charge is 2.15. The first kappa shape index (κ1) is 22.5. The maximum Gasteiger partial charge on any atom is 0.338 e. The zero-order valence-corrected chi connectivity index (χ0v) is 16.6. The second-order valence-electron chi connectivity index (χ2n) is 7.14. The molecular formula is C20H30N2O5. The number of hydrogen-bond acceptors (Lipinski definition) is 5. The van der Waals surface area contributed by atoms with Crippen LogP contribution in [0.15, 0.2) is 24.3 Å². The number of amides is 2. The predicted octanol–water partition coefficient (Wildman–Crippen LogP) is 3.89. The van der Waals surface area contributed by atoms with Gasteiger partial charge in [0.05, 0.1) is 12.2 Å². The van der Waals surface area contributed by atoms with Crippen LogP contribution in [0.4, 0.5) is 10.5 Å². The smallest absolute Gasteiger partial charge is 0.338 e. The summed E-state index contributed by atoms with van der Waals surface area (Å²) in [4.78, 5) is 35.2. The average molecular weight is 378 g/mol. The van der Waals surface area contributed by atoms with Crippen molar-refractivity contribution in [2.75, 3.05) is 18.5 Å². The Bertz CT molecular complexity index is 620. The summed E-state index contributed by atoms with van der Waals surface area (Å²) >= 11 is 0. The molecule has 27 heavy (non-hydrogen) atoms. The second kappa shape index (κ2) is 11.2. The highest BCUT2D eigenvalue weighted by molar-refractivity contribution is 5.92. The van der Waals surface area contributed by atoms with E-state index in [1.54, 1.807) is 24.3 Å². The molecule has 0 saturated carbocycles. The number of anilines is 1. The van der Waals surface area contributed by atoms with Gasteiger partial charge in [-0.15, -0.1) is 0 Å². The van der Waals surface area contributed by atoms with E-state index in [1.165, 1.54) is 0 Å². The topological polar surface area (TPSA) is 93.7 Å². The first-order valence-corrected chi connectivity index (χ1v) is 9.25. The standard InChI is InChI=1S/C20H30N2O5/c1-5-6-14-26-18(24)15-9-11-16(12-10-15)22-19(25)21-13-7-8-17(23)27-20(2,3)4/h9-12H,5-8,13-14H2,1-4H3,(H2,21,22,25). The minimum absolute atomic E-state index is 0.242. The monoisotopic (exact) mass is 378 g/mol. The highest BCUT2D eigenvalue weighted by atomic mass is 16.6. The molecule has 0 bridgehead atoms. The van der Waals surface area contributed by atoms with Gasteiger partial charge in [0.2, 0.25) is 0 Å². The molecule has 0 heterocycles. The second-order valence-corrected chi connectivity index (χ2v) is 7.14. The lowest BCUT2D eigenvalue weighted by molar-refractivity contribution is -0.154. The molecular weight excluding hydrogens is 348 g/mol. The van der Waals surface area contributed by atoms with E-state index >= 15 is 0 Å². The molecule has 0 radical (unpaired) electrons. The van der Waals surface area contributed by atoms with Crippen LogP contribution in [0, 0.1) is 0 Å². The van der Waals surface area contributed by atoms with E-state index in [0.717, 1.165) is 12.8 Å². The van der Waals surface area contributed by atoms with Gasteiger partial charge in [-0.25, -0.2) is 9.59 Å². The molecule has 2 amide bonds. The lowest BCUT2D eigenvalue weighted by Crippen LogP contribution is -2.30. The number of rotatable bonds is 9. The fourth-order valence-electron chi connectivity index (χ4n) is 2.08. The minimum atomic E-state index is -0.503. The summed E-state index contributed by atoms with van der Waals surface area (Å²) in [5.74, 6) is -0.660. The SMILES string of the molecule is CCCCOC(=O)c1ccc(NC(=O)NCCCC(=O)OC(C)(C)C)cc1. The Morgan fingerprint density at radius 3 is 2.30 bits per heavy atom. The van der Waals surface area contributed by atoms with Crippen molar-refractivity contribution < 1.29 is 23.9 Å². The fraction of sp³-hybridized carbons (Fsp3) is 0.550. The number of hydrogen-bond donors (Lipinski definition) is 2. The Morgan fingerprint density at radius 2 is 1.70 bits per heavy atom. The van der Waals surface area contributed by atoms with Gasteiger partial charge in [0.1, 0.15) is 5.60 Å². The quantitative estimate of drug-likeness (QED) is 0.502. The Kier molecular flexibility index (Phi) is 9.33. The molecule has 0 aromatic heterocycles. The molecule has 0 atom stereocenters. The van der Waals surface area contributed by atoms with Crippen molar-refractivity contribution in [2.24, 2.45) is 0 Å². The van der Waals surface area contributed by atoms with Gasteiger partial charge in [0.15, 0.2) is 0 Å². The van der Waals surface area contributed by atoms with Gasteiger partial charge in [-0.05, 0) is 57.9 Å². The molecule has 2 N–H and O–H groups in total. The van der Waals surface area contributed by atoms with Crippen LogP contribution in [0.5, 0.6) is 0 Å². The van der Waals surface area contributed by atoms with E-state index in [0.29, 0.717) is 30.8 Å². The minimum Gasteiger partial charge on any atom is -0.462 e. The molecule has 0 saturated heterocycles. The van der Waals surface area contributed by atoms with Gasteiger partial charge in [-0.2, -0.15) is 0 Å². The number of nitrogens with one attached hydrogen (secondary N) is 2. The molecule has 0 aliphatic heterocycles. The maximum atomic E-state index is 11.8. The summed E-state index contributed by atoms with van der Waals surface area (Å²) in [6.07, 6.45) is 2.53. The summed E-state index contributed by atoms with van der Waals surface area (Å²) in [5, 5.41) is 5.34. The van der Waals surface area contributed by atoms with Crippen molar-refractivity contribution in [1.82, 2.24) is 5.32 Å². The summed E-state index contributed by atoms with van der Waals surface area (Å²) < 4.78 is 10.3. The zero-order chi connectivity index (χ0) is 20.3. The van der Waals surface area contributed by atoms with Gasteiger partial charge in [0.25, 0.3) is 0 Å². The van der Waals surface area contributed by atoms with Gasteiger partial charge in [-0.1, -0.05) is 13.3 Å². The van der Waals surface area contributed by atoms with Crippen LogP contribution in [0.1, 0.15) is 63.7 Å². The summed E-state index contributed by atoms with van der Waals surface area (Å²) in [6.45, 7) is 8.22. The van der Waals surface area contributed by atoms with Crippen molar-refractivity contribution in [3.05, 3.63) is 29.8 Å². The molecule has 1 aromatic carbocycles. The number of benzene rings is 1. The van der Waals surface area contributed by atoms with Crippen molar-refractivity contribution in [3.8, 4) is 0 Å². The maximum absolute atomic E-state index is 11.8. The van der Waals surface area contributed by atoms with Gasteiger partial charge in [-0.3, -0.25) is 4.79 Å². The van der Waals surface area contributed by atoms with E-state index < -0.39 is 5.60 Å². The van der Waals surface area contributed by atoms with Crippen LogP contribution in [0.3, 0.4) is 0 Å². The Labute approximate surface area is 160 Å². The molecule has 0 unspecified atom stereocenters. The largest absolute Gasteiger partial charge is 0.462 e. The molecule has 0 fully saturated rings. The van der Waals surface area contributed by atoms with E-state index in [9.17, 15) is 14.4 Å². The number of carbonyl (C=O) groups excluding carboxylic acids is 3. The molecule has 0 spiro atoms. The van der Waals surface area contributed by atoms with Crippen molar-refractivity contribution >= 4 is 23.7 Å². The number of urea groups is 1. The van der Waals surface area contributed by atoms with Gasteiger partial charge >= 0.3 is 18.0 Å². The van der Waals surface area contributed by atoms with Gasteiger partial charge < -0.3 is 20.1 Å². The van der Waals surface area contributed by atoms with Crippen LogP contribution < -0.4 is 10.6 Å². The van der Waals surface area contributed by atoms with Crippen molar-refractivity contribution in [2.45, 2.75) is 59.0 Å². The van der Waals surface area contributed by atoms with Crippen LogP contribution in [0.25, 0.3) is 0 Å². The molecule has 7 nitrogen and oxygen atoms in total. The van der Waals surface area contributed by atoms with Crippen LogP contribution in [0.2, 0.25) is 0 Å². The molecule has 1 aromatic rings. The number of ether oxygens (including phenoxy) is 2.